The predicted octanol–water partition coefficient (Wildman–Crippen LogP) is 2.53. The fourth-order valence-corrected chi connectivity index (χ4v) is 3.95. The highest BCUT2D eigenvalue weighted by Gasteiger charge is 2.38. The van der Waals surface area contributed by atoms with Crippen molar-refractivity contribution in [2.24, 2.45) is 0 Å². The van der Waals surface area contributed by atoms with Gasteiger partial charge in [0.15, 0.2) is 0 Å². The molecule has 1 N–H and O–H groups in total. The lowest BCUT2D eigenvalue weighted by Gasteiger charge is -2.40. The molecule has 2 aromatic rings. The molecule has 1 aromatic carbocycles. The first-order valence-electron chi connectivity index (χ1n) is 8.19. The maximum absolute atomic E-state index is 10.9. The van der Waals surface area contributed by atoms with E-state index in [1.54, 1.807) is 6.20 Å². The maximum Gasteiger partial charge on any atom is 0.109 e. The zero-order chi connectivity index (χ0) is 15.0. The Labute approximate surface area is 131 Å². The Morgan fingerprint density at radius 3 is 2.18 bits per heavy atom. The molecule has 0 atom stereocenters. The highest BCUT2D eigenvalue weighted by atomic mass is 16.3. The average molecular weight is 294 g/mol. The number of rotatable bonds is 2. The molecule has 1 aromatic heterocycles. The monoisotopic (exact) mass is 294 g/mol. The summed E-state index contributed by atoms with van der Waals surface area (Å²) in [5, 5.41) is 10.9. The molecule has 3 heteroatoms. The molecule has 1 fully saturated rings. The van der Waals surface area contributed by atoms with E-state index in [1.165, 1.54) is 11.1 Å². The van der Waals surface area contributed by atoms with Crippen molar-refractivity contribution in [1.82, 2.24) is 9.88 Å². The second kappa shape index (κ2) is 5.49. The van der Waals surface area contributed by atoms with Crippen LogP contribution in [0.1, 0.15) is 29.7 Å². The lowest BCUT2D eigenvalue weighted by Crippen LogP contribution is -2.47. The summed E-state index contributed by atoms with van der Waals surface area (Å²) in [4.78, 5) is 6.91. The number of hydrogen-bond donors (Lipinski definition) is 1. The van der Waals surface area contributed by atoms with Crippen LogP contribution in [0.2, 0.25) is 0 Å². The highest BCUT2D eigenvalue weighted by molar-refractivity contribution is 5.33. The summed E-state index contributed by atoms with van der Waals surface area (Å²) < 4.78 is 0. The van der Waals surface area contributed by atoms with E-state index in [2.05, 4.69) is 34.1 Å². The number of nitrogens with zero attached hydrogens (tertiary/aromatic N) is 2. The fraction of sp³-hybridized carbons (Fsp3) is 0.421. The van der Waals surface area contributed by atoms with Gasteiger partial charge < -0.3 is 5.11 Å². The minimum Gasteiger partial charge on any atom is -0.383 e. The molecule has 0 radical (unpaired) electrons. The van der Waals surface area contributed by atoms with Gasteiger partial charge in [0.2, 0.25) is 0 Å². The molecule has 0 amide bonds. The van der Waals surface area contributed by atoms with Crippen LogP contribution in [0.25, 0.3) is 0 Å². The second-order valence-corrected chi connectivity index (χ2v) is 6.61. The SMILES string of the molecule is OC1(c2ccccn2)CCN(C2Cc3ccccc3C2)CC1. The lowest BCUT2D eigenvalue weighted by atomic mass is 9.87. The fourth-order valence-electron chi connectivity index (χ4n) is 3.95. The number of fused-ring (bicyclic) bond motifs is 1. The number of piperidine rings is 1. The van der Waals surface area contributed by atoms with Crippen molar-refractivity contribution in [3.63, 3.8) is 0 Å². The van der Waals surface area contributed by atoms with Gasteiger partial charge in [0.1, 0.15) is 5.60 Å². The van der Waals surface area contributed by atoms with Crippen molar-refractivity contribution in [3.05, 3.63) is 65.5 Å². The van der Waals surface area contributed by atoms with Crippen LogP contribution in [-0.2, 0) is 18.4 Å². The lowest BCUT2D eigenvalue weighted by molar-refractivity contribution is -0.0378. The van der Waals surface area contributed by atoms with Gasteiger partial charge >= 0.3 is 0 Å². The predicted molar refractivity (Wildman–Crippen MR) is 86.6 cm³/mol. The number of aliphatic hydroxyl groups is 1. The molecule has 1 saturated heterocycles. The molecule has 0 unspecified atom stereocenters. The topological polar surface area (TPSA) is 36.4 Å². The van der Waals surface area contributed by atoms with Gasteiger partial charge in [-0.05, 0) is 48.9 Å². The summed E-state index contributed by atoms with van der Waals surface area (Å²) in [6, 6.07) is 15.2. The van der Waals surface area contributed by atoms with E-state index in [0.717, 1.165) is 44.5 Å². The molecule has 1 aliphatic carbocycles. The number of likely N-dealkylation sites (tertiary alicyclic amines) is 1. The van der Waals surface area contributed by atoms with E-state index >= 15 is 0 Å². The van der Waals surface area contributed by atoms with Gasteiger partial charge in [-0.15, -0.1) is 0 Å². The van der Waals surface area contributed by atoms with Gasteiger partial charge in [-0.1, -0.05) is 30.3 Å². The molecule has 1 aliphatic heterocycles. The van der Waals surface area contributed by atoms with Gasteiger partial charge in [0.25, 0.3) is 0 Å². The van der Waals surface area contributed by atoms with Gasteiger partial charge in [-0.2, -0.15) is 0 Å². The van der Waals surface area contributed by atoms with Crippen LogP contribution < -0.4 is 0 Å². The normalized spacial score (nSPS) is 21.7. The molecular formula is C19H22N2O. The average Bonchev–Trinajstić information content (AvgIpc) is 3.00. The Bertz CT molecular complexity index is 622. The molecule has 2 heterocycles. The van der Waals surface area contributed by atoms with Gasteiger partial charge in [0.05, 0.1) is 5.69 Å². The van der Waals surface area contributed by atoms with Crippen LogP contribution >= 0.6 is 0 Å². The first-order chi connectivity index (χ1) is 10.7. The van der Waals surface area contributed by atoms with Crippen molar-refractivity contribution in [3.8, 4) is 0 Å². The summed E-state index contributed by atoms with van der Waals surface area (Å²) >= 11 is 0. The van der Waals surface area contributed by atoms with E-state index in [9.17, 15) is 5.11 Å². The summed E-state index contributed by atoms with van der Waals surface area (Å²) in [7, 11) is 0. The highest BCUT2D eigenvalue weighted by Crippen LogP contribution is 2.34. The second-order valence-electron chi connectivity index (χ2n) is 6.61. The third kappa shape index (κ3) is 2.44. The summed E-state index contributed by atoms with van der Waals surface area (Å²) in [5.74, 6) is 0. The Hall–Kier alpha value is -1.71. The van der Waals surface area contributed by atoms with Crippen LogP contribution in [0.4, 0.5) is 0 Å². The van der Waals surface area contributed by atoms with Crippen LogP contribution in [0.3, 0.4) is 0 Å². The first kappa shape index (κ1) is 13.9. The molecule has 114 valence electrons. The summed E-state index contributed by atoms with van der Waals surface area (Å²) in [5.41, 5.74) is 3.07. The molecule has 0 saturated carbocycles. The van der Waals surface area contributed by atoms with Crippen molar-refractivity contribution >= 4 is 0 Å². The smallest absolute Gasteiger partial charge is 0.109 e. The third-order valence-corrected chi connectivity index (χ3v) is 5.31. The molecule has 0 bridgehead atoms. The molecule has 3 nitrogen and oxygen atoms in total. The molecular weight excluding hydrogens is 272 g/mol. The van der Waals surface area contributed by atoms with E-state index < -0.39 is 5.60 Å². The van der Waals surface area contributed by atoms with Crippen molar-refractivity contribution in [2.75, 3.05) is 13.1 Å². The number of aromatic nitrogens is 1. The van der Waals surface area contributed by atoms with Crippen LogP contribution in [0.5, 0.6) is 0 Å². The van der Waals surface area contributed by atoms with Gasteiger partial charge in [0, 0.05) is 25.3 Å². The maximum atomic E-state index is 10.9. The third-order valence-electron chi connectivity index (χ3n) is 5.31. The van der Waals surface area contributed by atoms with Gasteiger partial charge in [-0.3, -0.25) is 9.88 Å². The first-order valence-corrected chi connectivity index (χ1v) is 8.19. The number of benzene rings is 1. The minimum atomic E-state index is -0.747. The summed E-state index contributed by atoms with van der Waals surface area (Å²) in [6.45, 7) is 1.90. The zero-order valence-corrected chi connectivity index (χ0v) is 12.8. The Kier molecular flexibility index (Phi) is 3.47. The van der Waals surface area contributed by atoms with E-state index in [-0.39, 0.29) is 0 Å². The van der Waals surface area contributed by atoms with Gasteiger partial charge in [-0.25, -0.2) is 0 Å². The van der Waals surface area contributed by atoms with E-state index in [1.807, 2.05) is 18.2 Å². The van der Waals surface area contributed by atoms with Crippen LogP contribution in [-0.4, -0.2) is 34.1 Å². The van der Waals surface area contributed by atoms with Crippen LogP contribution in [0.15, 0.2) is 48.7 Å². The summed E-state index contributed by atoms with van der Waals surface area (Å²) in [6.07, 6.45) is 5.62. The molecule has 22 heavy (non-hydrogen) atoms. The number of pyridine rings is 1. The van der Waals surface area contributed by atoms with Crippen molar-refractivity contribution in [2.45, 2.75) is 37.3 Å². The van der Waals surface area contributed by atoms with E-state index in [4.69, 9.17) is 0 Å². The molecule has 4 rings (SSSR count). The molecule has 2 aliphatic rings. The standard InChI is InChI=1S/C19H22N2O/c22-19(18-7-3-4-10-20-18)8-11-21(12-9-19)17-13-15-5-1-2-6-16(15)14-17/h1-7,10,17,22H,8-9,11-14H2. The number of hydrogen-bond acceptors (Lipinski definition) is 3. The molecule has 0 spiro atoms. The van der Waals surface area contributed by atoms with E-state index in [0.29, 0.717) is 6.04 Å². The Morgan fingerprint density at radius 2 is 1.59 bits per heavy atom. The minimum absolute atomic E-state index is 0.602. The van der Waals surface area contributed by atoms with Crippen molar-refractivity contribution in [1.29, 1.82) is 0 Å². The van der Waals surface area contributed by atoms with Crippen LogP contribution in [0, 0.1) is 0 Å². The quantitative estimate of drug-likeness (QED) is 0.924. The Morgan fingerprint density at radius 1 is 0.955 bits per heavy atom. The zero-order valence-electron chi connectivity index (χ0n) is 12.8. The largest absolute Gasteiger partial charge is 0.383 e. The Balaban J connectivity index is 1.43. The van der Waals surface area contributed by atoms with Crippen molar-refractivity contribution < 1.29 is 5.11 Å².